The second-order valence-corrected chi connectivity index (χ2v) is 6.78. The van der Waals surface area contributed by atoms with Crippen LogP contribution in [-0.2, 0) is 10.0 Å². The molecule has 0 spiro atoms. The van der Waals surface area contributed by atoms with E-state index in [0.29, 0.717) is 6.54 Å². The third-order valence-electron chi connectivity index (χ3n) is 3.36. The minimum absolute atomic E-state index is 0.00126. The molecular formula is C14H17FN2O2S. The van der Waals surface area contributed by atoms with Gasteiger partial charge in [-0.1, -0.05) is 19.4 Å². The second-order valence-electron chi connectivity index (χ2n) is 4.93. The van der Waals surface area contributed by atoms with E-state index in [2.05, 4.69) is 0 Å². The molecule has 0 heterocycles. The van der Waals surface area contributed by atoms with Crippen molar-refractivity contribution in [3.8, 4) is 6.07 Å². The SMILES string of the molecule is CCCCN(C1CC1)S(=O)(=O)c1cccc(F)c1C#N. The van der Waals surface area contributed by atoms with Gasteiger partial charge in [-0.15, -0.1) is 0 Å². The fourth-order valence-corrected chi connectivity index (χ4v) is 4.01. The quantitative estimate of drug-likeness (QED) is 0.810. The Bertz CT molecular complexity index is 633. The Hall–Kier alpha value is -1.45. The number of nitriles is 1. The Morgan fingerprint density at radius 1 is 1.45 bits per heavy atom. The molecule has 0 aliphatic heterocycles. The molecule has 108 valence electrons. The van der Waals surface area contributed by atoms with Crippen LogP contribution in [-0.4, -0.2) is 25.3 Å². The van der Waals surface area contributed by atoms with Crippen molar-refractivity contribution < 1.29 is 12.8 Å². The zero-order chi connectivity index (χ0) is 14.8. The lowest BCUT2D eigenvalue weighted by Gasteiger charge is -2.22. The van der Waals surface area contributed by atoms with E-state index in [1.165, 1.54) is 16.4 Å². The molecule has 4 nitrogen and oxygen atoms in total. The van der Waals surface area contributed by atoms with Gasteiger partial charge in [-0.05, 0) is 31.4 Å². The predicted octanol–water partition coefficient (Wildman–Crippen LogP) is 2.65. The number of sulfonamides is 1. The normalized spacial score (nSPS) is 15.3. The molecule has 1 saturated carbocycles. The van der Waals surface area contributed by atoms with Crippen LogP contribution in [0.5, 0.6) is 0 Å². The highest BCUT2D eigenvalue weighted by molar-refractivity contribution is 7.89. The van der Waals surface area contributed by atoms with Crippen molar-refractivity contribution in [1.82, 2.24) is 4.31 Å². The summed E-state index contributed by atoms with van der Waals surface area (Å²) in [5, 5.41) is 9.00. The summed E-state index contributed by atoms with van der Waals surface area (Å²) < 4.78 is 40.3. The van der Waals surface area contributed by atoms with E-state index in [0.717, 1.165) is 31.7 Å². The molecule has 1 aromatic rings. The Morgan fingerprint density at radius 3 is 2.70 bits per heavy atom. The van der Waals surface area contributed by atoms with Crippen molar-refractivity contribution in [3.63, 3.8) is 0 Å². The summed E-state index contributed by atoms with van der Waals surface area (Å²) in [5.74, 6) is -0.792. The lowest BCUT2D eigenvalue weighted by molar-refractivity contribution is 0.395. The van der Waals surface area contributed by atoms with Crippen LogP contribution in [0.4, 0.5) is 4.39 Å². The van der Waals surface area contributed by atoms with Gasteiger partial charge in [0.1, 0.15) is 22.3 Å². The molecule has 6 heteroatoms. The largest absolute Gasteiger partial charge is 0.244 e. The van der Waals surface area contributed by atoms with Gasteiger partial charge in [-0.25, -0.2) is 12.8 Å². The second kappa shape index (κ2) is 5.90. The Kier molecular flexibility index (Phi) is 4.41. The van der Waals surface area contributed by atoms with Crippen LogP contribution >= 0.6 is 0 Å². The van der Waals surface area contributed by atoms with Gasteiger partial charge < -0.3 is 0 Å². The first kappa shape index (κ1) is 14.9. The highest BCUT2D eigenvalue weighted by Crippen LogP contribution is 2.33. The van der Waals surface area contributed by atoms with Gasteiger partial charge in [0.25, 0.3) is 0 Å². The minimum atomic E-state index is -3.80. The summed E-state index contributed by atoms with van der Waals surface area (Å²) >= 11 is 0. The van der Waals surface area contributed by atoms with E-state index >= 15 is 0 Å². The highest BCUT2D eigenvalue weighted by atomic mass is 32.2. The van der Waals surface area contributed by atoms with Gasteiger partial charge in [0.05, 0.1) is 0 Å². The number of benzene rings is 1. The maximum absolute atomic E-state index is 13.6. The fraction of sp³-hybridized carbons (Fsp3) is 0.500. The molecule has 1 aliphatic carbocycles. The summed E-state index contributed by atoms with van der Waals surface area (Å²) in [7, 11) is -3.80. The molecule has 2 rings (SSSR count). The van der Waals surface area contributed by atoms with E-state index in [9.17, 15) is 12.8 Å². The zero-order valence-electron chi connectivity index (χ0n) is 11.3. The van der Waals surface area contributed by atoms with E-state index < -0.39 is 21.4 Å². The lowest BCUT2D eigenvalue weighted by atomic mass is 10.2. The van der Waals surface area contributed by atoms with Gasteiger partial charge in [-0.3, -0.25) is 0 Å². The predicted molar refractivity (Wildman–Crippen MR) is 72.9 cm³/mol. The van der Waals surface area contributed by atoms with E-state index in [1.807, 2.05) is 6.92 Å². The standard InChI is InChI=1S/C14H17FN2O2S/c1-2-3-9-17(11-7-8-11)20(18,19)14-6-4-5-13(15)12(14)10-16/h4-6,11H,2-3,7-9H2,1H3. The zero-order valence-corrected chi connectivity index (χ0v) is 12.2. The topological polar surface area (TPSA) is 61.2 Å². The number of rotatable bonds is 6. The first-order valence-electron chi connectivity index (χ1n) is 6.72. The van der Waals surface area contributed by atoms with Crippen molar-refractivity contribution >= 4 is 10.0 Å². The Balaban J connectivity index is 2.43. The van der Waals surface area contributed by atoms with Crippen molar-refractivity contribution in [2.75, 3.05) is 6.54 Å². The molecule has 0 unspecified atom stereocenters. The van der Waals surface area contributed by atoms with Gasteiger partial charge >= 0.3 is 0 Å². The molecule has 0 radical (unpaired) electrons. The van der Waals surface area contributed by atoms with Crippen LogP contribution in [0.1, 0.15) is 38.2 Å². The van der Waals surface area contributed by atoms with Gasteiger partial charge in [0.2, 0.25) is 10.0 Å². The van der Waals surface area contributed by atoms with Gasteiger partial charge in [0, 0.05) is 12.6 Å². The van der Waals surface area contributed by atoms with Crippen molar-refractivity contribution in [1.29, 1.82) is 5.26 Å². The molecule has 1 fully saturated rings. The minimum Gasteiger partial charge on any atom is -0.207 e. The molecule has 0 N–H and O–H groups in total. The molecule has 0 atom stereocenters. The van der Waals surface area contributed by atoms with Crippen LogP contribution < -0.4 is 0 Å². The molecule has 0 bridgehead atoms. The number of hydrogen-bond acceptors (Lipinski definition) is 3. The van der Waals surface area contributed by atoms with Gasteiger partial charge in [-0.2, -0.15) is 9.57 Å². The van der Waals surface area contributed by atoms with Crippen LogP contribution in [0, 0.1) is 17.1 Å². The average Bonchev–Trinajstić information content (AvgIpc) is 3.23. The van der Waals surface area contributed by atoms with Crippen molar-refractivity contribution in [2.45, 2.75) is 43.5 Å². The third-order valence-corrected chi connectivity index (χ3v) is 5.35. The summed E-state index contributed by atoms with van der Waals surface area (Å²) in [6.07, 6.45) is 3.31. The van der Waals surface area contributed by atoms with Crippen LogP contribution in [0.25, 0.3) is 0 Å². The number of hydrogen-bond donors (Lipinski definition) is 0. The van der Waals surface area contributed by atoms with Crippen LogP contribution in [0.15, 0.2) is 23.1 Å². The first-order valence-corrected chi connectivity index (χ1v) is 8.16. The summed E-state index contributed by atoms with van der Waals surface area (Å²) in [4.78, 5) is -0.219. The first-order chi connectivity index (χ1) is 9.52. The Labute approximate surface area is 118 Å². The van der Waals surface area contributed by atoms with E-state index in [4.69, 9.17) is 5.26 Å². The average molecular weight is 296 g/mol. The van der Waals surface area contributed by atoms with E-state index in [-0.39, 0.29) is 10.9 Å². The smallest absolute Gasteiger partial charge is 0.207 e. The summed E-state index contributed by atoms with van der Waals surface area (Å²) in [6.45, 7) is 2.41. The number of halogens is 1. The molecule has 0 saturated heterocycles. The molecule has 0 aromatic heterocycles. The molecule has 20 heavy (non-hydrogen) atoms. The number of unbranched alkanes of at least 4 members (excludes halogenated alkanes) is 1. The molecule has 0 amide bonds. The molecule has 1 aliphatic rings. The monoisotopic (exact) mass is 296 g/mol. The maximum Gasteiger partial charge on any atom is 0.244 e. The van der Waals surface area contributed by atoms with Gasteiger partial charge in [0.15, 0.2) is 0 Å². The highest BCUT2D eigenvalue weighted by Gasteiger charge is 2.38. The third kappa shape index (κ3) is 2.84. The van der Waals surface area contributed by atoms with E-state index in [1.54, 1.807) is 6.07 Å². The molecule has 1 aromatic carbocycles. The molecular weight excluding hydrogens is 279 g/mol. The summed E-state index contributed by atoms with van der Waals surface area (Å²) in [6, 6.07) is 5.39. The van der Waals surface area contributed by atoms with Crippen molar-refractivity contribution in [3.05, 3.63) is 29.6 Å². The van der Waals surface area contributed by atoms with Crippen LogP contribution in [0.2, 0.25) is 0 Å². The van der Waals surface area contributed by atoms with Crippen LogP contribution in [0.3, 0.4) is 0 Å². The summed E-state index contributed by atoms with van der Waals surface area (Å²) in [5.41, 5.74) is -0.394. The fourth-order valence-electron chi connectivity index (χ4n) is 2.13. The van der Waals surface area contributed by atoms with Crippen molar-refractivity contribution in [2.24, 2.45) is 0 Å². The number of nitrogens with zero attached hydrogens (tertiary/aromatic N) is 2. The maximum atomic E-state index is 13.6. The Morgan fingerprint density at radius 2 is 2.15 bits per heavy atom. The lowest BCUT2D eigenvalue weighted by Crippen LogP contribution is -2.34.